The molecular weight excluding hydrogens is 558 g/mol. The maximum atomic E-state index is 13.5. The number of likely N-dealkylation sites (tertiary alicyclic amines) is 1. The third-order valence-corrected chi connectivity index (χ3v) is 9.02. The van der Waals surface area contributed by atoms with Crippen molar-refractivity contribution in [3.8, 4) is 11.5 Å². The number of carbonyl (C=O) groups is 3. The Morgan fingerprint density at radius 2 is 1.95 bits per heavy atom. The van der Waals surface area contributed by atoms with Crippen LogP contribution in [0.3, 0.4) is 0 Å². The summed E-state index contributed by atoms with van der Waals surface area (Å²) in [6, 6.07) is 5.41. The van der Waals surface area contributed by atoms with Crippen LogP contribution in [0.25, 0.3) is 0 Å². The second-order valence-corrected chi connectivity index (χ2v) is 12.1. The molecule has 0 saturated carbocycles. The van der Waals surface area contributed by atoms with E-state index in [0.717, 1.165) is 27.6 Å². The number of thiazole rings is 1. The van der Waals surface area contributed by atoms with Crippen LogP contribution in [-0.4, -0.2) is 83.6 Å². The first kappa shape index (κ1) is 29.6. The lowest BCUT2D eigenvalue weighted by Gasteiger charge is -2.24. The molecule has 0 spiro atoms. The van der Waals surface area contributed by atoms with Crippen molar-refractivity contribution in [3.63, 3.8) is 0 Å². The maximum Gasteiger partial charge on any atom is 0.266 e. The minimum atomic E-state index is -0.341. The third kappa shape index (κ3) is 6.28. The van der Waals surface area contributed by atoms with E-state index in [-0.39, 0.29) is 36.2 Å². The lowest BCUT2D eigenvalue weighted by molar-refractivity contribution is -0.130. The van der Waals surface area contributed by atoms with Gasteiger partial charge in [-0.1, -0.05) is 11.2 Å². The topological polar surface area (TPSA) is 127 Å². The highest BCUT2D eigenvalue weighted by molar-refractivity contribution is 7.13. The predicted octanol–water partition coefficient (Wildman–Crippen LogP) is 3.34. The van der Waals surface area contributed by atoms with Gasteiger partial charge in [-0.15, -0.1) is 11.3 Å². The van der Waals surface area contributed by atoms with E-state index in [9.17, 15) is 14.4 Å². The SMILES string of the molecule is COc1ccc2cc1OCCCN(C(=O)c1sc(C)nc1C)CC(=O)N[C@H]1CN(C(=O)CCc3c(C)noc3C)C[C@H]21. The smallest absolute Gasteiger partial charge is 0.266 e. The van der Waals surface area contributed by atoms with Gasteiger partial charge in [0.15, 0.2) is 11.5 Å². The number of nitrogens with one attached hydrogen (secondary N) is 1. The van der Waals surface area contributed by atoms with Crippen molar-refractivity contribution < 1.29 is 28.4 Å². The van der Waals surface area contributed by atoms with E-state index in [0.29, 0.717) is 67.6 Å². The Hall–Kier alpha value is -3.93. The molecule has 224 valence electrons. The number of amides is 3. The Labute approximate surface area is 249 Å². The highest BCUT2D eigenvalue weighted by Gasteiger charge is 2.38. The quantitative estimate of drug-likeness (QED) is 0.476. The number of ether oxygens (including phenoxy) is 2. The van der Waals surface area contributed by atoms with Gasteiger partial charge in [-0.05, 0) is 58.2 Å². The van der Waals surface area contributed by atoms with Gasteiger partial charge < -0.3 is 29.1 Å². The van der Waals surface area contributed by atoms with Crippen LogP contribution in [0.1, 0.15) is 61.7 Å². The molecule has 1 saturated heterocycles. The van der Waals surface area contributed by atoms with Crippen LogP contribution >= 0.6 is 11.3 Å². The summed E-state index contributed by atoms with van der Waals surface area (Å²) in [4.78, 5) is 48.6. The Kier molecular flexibility index (Phi) is 8.81. The standard InChI is InChI=1S/C30H37N5O6S/c1-17-22(19(3)41-33-17)8-10-28(37)35-14-23-21-7-9-25(39-5)26(13-21)40-12-6-11-34(16-27(36)32-24(23)15-35)30(38)29-18(2)31-20(4)42-29/h7,9,13,23-24H,6,8,10-12,14-16H2,1-5H3,(H,32,36)/t23-,24+/m1/s1. The molecular formula is C30H37N5O6S. The van der Waals surface area contributed by atoms with Crippen LogP contribution < -0.4 is 14.8 Å². The minimum Gasteiger partial charge on any atom is -0.493 e. The van der Waals surface area contributed by atoms with Crippen LogP contribution in [0, 0.1) is 27.7 Å². The fraction of sp³-hybridized carbons (Fsp3) is 0.500. The first-order chi connectivity index (χ1) is 20.1. The monoisotopic (exact) mass is 595 g/mol. The number of carbonyl (C=O) groups excluding carboxylic acids is 3. The zero-order valence-corrected chi connectivity index (χ0v) is 25.5. The van der Waals surface area contributed by atoms with Gasteiger partial charge in [-0.25, -0.2) is 4.98 Å². The second-order valence-electron chi connectivity index (χ2n) is 10.9. The summed E-state index contributed by atoms with van der Waals surface area (Å²) in [7, 11) is 1.59. The van der Waals surface area contributed by atoms with E-state index in [2.05, 4.69) is 15.5 Å². The Bertz CT molecular complexity index is 1460. The van der Waals surface area contributed by atoms with E-state index in [1.165, 1.54) is 11.3 Å². The number of aromatic nitrogens is 2. The molecule has 12 heteroatoms. The number of rotatable bonds is 5. The molecule has 2 aliphatic heterocycles. The first-order valence-electron chi connectivity index (χ1n) is 14.2. The van der Waals surface area contributed by atoms with Gasteiger partial charge >= 0.3 is 0 Å². The zero-order chi connectivity index (χ0) is 30.0. The molecule has 0 unspecified atom stereocenters. The van der Waals surface area contributed by atoms with Crippen molar-refractivity contribution in [2.45, 2.75) is 58.9 Å². The molecule has 0 radical (unpaired) electrons. The van der Waals surface area contributed by atoms with E-state index in [1.54, 1.807) is 23.8 Å². The van der Waals surface area contributed by atoms with Crippen LogP contribution in [0.5, 0.6) is 11.5 Å². The predicted molar refractivity (Wildman–Crippen MR) is 156 cm³/mol. The average molecular weight is 596 g/mol. The van der Waals surface area contributed by atoms with E-state index in [1.807, 2.05) is 39.0 Å². The summed E-state index contributed by atoms with van der Waals surface area (Å²) in [6.07, 6.45) is 1.37. The highest BCUT2D eigenvalue weighted by Crippen LogP contribution is 2.35. The summed E-state index contributed by atoms with van der Waals surface area (Å²) in [5.74, 6) is 1.26. The van der Waals surface area contributed by atoms with Crippen molar-refractivity contribution in [1.29, 1.82) is 0 Å². The Balaban J connectivity index is 1.39. The molecule has 4 heterocycles. The lowest BCUT2D eigenvalue weighted by atomic mass is 9.94. The minimum absolute atomic E-state index is 0.00399. The fourth-order valence-corrected chi connectivity index (χ4v) is 6.65. The van der Waals surface area contributed by atoms with Crippen LogP contribution in [-0.2, 0) is 16.0 Å². The normalized spacial score (nSPS) is 19.2. The molecule has 1 aromatic carbocycles. The van der Waals surface area contributed by atoms with Gasteiger partial charge in [0.25, 0.3) is 5.91 Å². The summed E-state index contributed by atoms with van der Waals surface area (Å²) >= 11 is 1.33. The molecule has 2 atom stereocenters. The molecule has 2 bridgehead atoms. The van der Waals surface area contributed by atoms with Crippen molar-refractivity contribution >= 4 is 29.1 Å². The average Bonchev–Trinajstić information content (AvgIpc) is 3.63. The maximum absolute atomic E-state index is 13.5. The fourth-order valence-electron chi connectivity index (χ4n) is 5.77. The highest BCUT2D eigenvalue weighted by atomic mass is 32.1. The number of hydrogen-bond donors (Lipinski definition) is 1. The molecule has 0 aliphatic carbocycles. The van der Waals surface area contributed by atoms with Crippen LogP contribution in [0.15, 0.2) is 22.7 Å². The third-order valence-electron chi connectivity index (χ3n) is 7.95. The number of hydrogen-bond acceptors (Lipinski definition) is 9. The van der Waals surface area contributed by atoms with Gasteiger partial charge in [0.1, 0.15) is 10.6 Å². The molecule has 2 aliphatic rings. The zero-order valence-electron chi connectivity index (χ0n) is 24.7. The molecule has 2 aromatic heterocycles. The number of fused-ring (bicyclic) bond motifs is 4. The van der Waals surface area contributed by atoms with Crippen molar-refractivity contribution in [2.24, 2.45) is 0 Å². The number of benzene rings is 1. The van der Waals surface area contributed by atoms with Gasteiger partial charge in [0, 0.05) is 37.5 Å². The van der Waals surface area contributed by atoms with Gasteiger partial charge in [0.2, 0.25) is 11.8 Å². The molecule has 42 heavy (non-hydrogen) atoms. The Morgan fingerprint density at radius 1 is 1.14 bits per heavy atom. The van der Waals surface area contributed by atoms with E-state index < -0.39 is 0 Å². The number of aryl methyl sites for hydroxylation is 4. The summed E-state index contributed by atoms with van der Waals surface area (Å²) in [5, 5.41) is 7.94. The molecule has 3 amide bonds. The van der Waals surface area contributed by atoms with E-state index in [4.69, 9.17) is 14.0 Å². The largest absolute Gasteiger partial charge is 0.493 e. The van der Waals surface area contributed by atoms with Gasteiger partial charge in [-0.2, -0.15) is 0 Å². The molecule has 5 rings (SSSR count). The molecule has 11 nitrogen and oxygen atoms in total. The summed E-state index contributed by atoms with van der Waals surface area (Å²) in [6.45, 7) is 8.77. The van der Waals surface area contributed by atoms with E-state index >= 15 is 0 Å². The number of methoxy groups -OCH3 is 1. The number of nitrogens with zero attached hydrogens (tertiary/aromatic N) is 4. The van der Waals surface area contributed by atoms with Crippen molar-refractivity contribution in [3.05, 3.63) is 56.4 Å². The first-order valence-corrected chi connectivity index (χ1v) is 15.0. The lowest BCUT2D eigenvalue weighted by Crippen LogP contribution is -2.47. The second kappa shape index (κ2) is 12.5. The van der Waals surface area contributed by atoms with Gasteiger partial charge in [0.05, 0.1) is 42.7 Å². The molecule has 1 fully saturated rings. The molecule has 1 N–H and O–H groups in total. The van der Waals surface area contributed by atoms with Crippen molar-refractivity contribution in [2.75, 3.05) is 39.9 Å². The summed E-state index contributed by atoms with van der Waals surface area (Å²) in [5.41, 5.74) is 3.34. The Morgan fingerprint density at radius 3 is 2.64 bits per heavy atom. The van der Waals surface area contributed by atoms with Gasteiger partial charge in [-0.3, -0.25) is 14.4 Å². The molecule has 3 aromatic rings. The summed E-state index contributed by atoms with van der Waals surface area (Å²) < 4.78 is 16.9. The van der Waals surface area contributed by atoms with Crippen molar-refractivity contribution in [1.82, 2.24) is 25.3 Å². The van der Waals surface area contributed by atoms with Crippen LogP contribution in [0.4, 0.5) is 0 Å². The van der Waals surface area contributed by atoms with Crippen LogP contribution in [0.2, 0.25) is 0 Å².